The number of nitrogens with zero attached hydrogens (tertiary/aromatic N) is 4. The van der Waals surface area contributed by atoms with Gasteiger partial charge in [-0.2, -0.15) is 5.26 Å². The van der Waals surface area contributed by atoms with Gasteiger partial charge in [-0.3, -0.25) is 4.79 Å². The van der Waals surface area contributed by atoms with Crippen LogP contribution in [0.5, 0.6) is 0 Å². The van der Waals surface area contributed by atoms with Crippen molar-refractivity contribution < 1.29 is 9.90 Å². The van der Waals surface area contributed by atoms with Crippen LogP contribution < -0.4 is 4.90 Å². The maximum atomic E-state index is 13.5. The molecule has 1 unspecified atom stereocenters. The highest BCUT2D eigenvalue weighted by Crippen LogP contribution is 2.43. The molecule has 0 radical (unpaired) electrons. The number of aliphatic hydroxyl groups excluding tert-OH is 1. The topological polar surface area (TPSA) is 80.5 Å². The van der Waals surface area contributed by atoms with Gasteiger partial charge in [0.15, 0.2) is 0 Å². The number of aryl methyl sites for hydroxylation is 2. The molecule has 150 valence electrons. The van der Waals surface area contributed by atoms with Crippen LogP contribution in [0.15, 0.2) is 6.07 Å². The van der Waals surface area contributed by atoms with Crippen molar-refractivity contribution in [3.63, 3.8) is 0 Å². The van der Waals surface area contributed by atoms with E-state index >= 15 is 0 Å². The minimum absolute atomic E-state index is 0.201. The minimum atomic E-state index is -0.347. The zero-order chi connectivity index (χ0) is 19.9. The van der Waals surface area contributed by atoms with Crippen LogP contribution in [0.2, 0.25) is 0 Å². The molecule has 1 N–H and O–H groups in total. The Balaban J connectivity index is 1.56. The molecule has 4 rings (SSSR count). The molecule has 28 heavy (non-hydrogen) atoms. The number of carbonyl (C=O) groups is 1. The fourth-order valence-electron chi connectivity index (χ4n) is 5.44. The lowest BCUT2D eigenvalue weighted by Crippen LogP contribution is -2.50. The maximum Gasteiger partial charge on any atom is 0.230 e. The standard InChI is InChI=1S/C22H30N4O2/c1-15-12-16(2)24-20(19(15)13-23)25-10-3-8-22(14-25)9-11-26(21(22)28)17-4-6-18(27)7-5-17/h12,17-18,27H,3-11,14H2,1-2H3/t17-,18-,22?. The van der Waals surface area contributed by atoms with E-state index in [-0.39, 0.29) is 23.5 Å². The summed E-state index contributed by atoms with van der Waals surface area (Å²) < 4.78 is 0. The first-order valence-electron chi connectivity index (χ1n) is 10.6. The molecule has 1 aromatic rings. The van der Waals surface area contributed by atoms with Crippen molar-refractivity contribution in [3.05, 3.63) is 22.9 Å². The van der Waals surface area contributed by atoms with E-state index in [1.807, 2.05) is 19.9 Å². The SMILES string of the molecule is Cc1cc(C)c(C#N)c(N2CCCC3(CCN([C@H]4CC[C@H](O)CC4)C3=O)C2)n1. The van der Waals surface area contributed by atoms with Gasteiger partial charge in [0.25, 0.3) is 0 Å². The first-order chi connectivity index (χ1) is 13.4. The van der Waals surface area contributed by atoms with E-state index in [1.54, 1.807) is 0 Å². The Hall–Kier alpha value is -2.13. The van der Waals surface area contributed by atoms with Gasteiger partial charge >= 0.3 is 0 Å². The average Bonchev–Trinajstić information content (AvgIpc) is 2.98. The summed E-state index contributed by atoms with van der Waals surface area (Å²) in [6.07, 6.45) is 5.95. The molecule has 6 nitrogen and oxygen atoms in total. The van der Waals surface area contributed by atoms with E-state index in [0.717, 1.165) is 75.1 Å². The third-order valence-corrected chi connectivity index (χ3v) is 6.97. The molecule has 1 atom stereocenters. The molecular formula is C22H30N4O2. The van der Waals surface area contributed by atoms with Crippen molar-refractivity contribution in [2.24, 2.45) is 5.41 Å². The minimum Gasteiger partial charge on any atom is -0.393 e. The van der Waals surface area contributed by atoms with Gasteiger partial charge in [0.2, 0.25) is 5.91 Å². The van der Waals surface area contributed by atoms with E-state index in [2.05, 4.69) is 20.9 Å². The zero-order valence-corrected chi connectivity index (χ0v) is 16.9. The van der Waals surface area contributed by atoms with Crippen molar-refractivity contribution in [1.82, 2.24) is 9.88 Å². The Labute approximate surface area is 167 Å². The highest BCUT2D eigenvalue weighted by Gasteiger charge is 2.51. The number of hydrogen-bond acceptors (Lipinski definition) is 5. The summed E-state index contributed by atoms with van der Waals surface area (Å²) in [6.45, 7) is 6.23. The Kier molecular flexibility index (Phi) is 5.05. The molecular weight excluding hydrogens is 352 g/mol. The van der Waals surface area contributed by atoms with Gasteiger partial charge < -0.3 is 14.9 Å². The number of pyridine rings is 1. The monoisotopic (exact) mass is 382 g/mol. The van der Waals surface area contributed by atoms with Gasteiger partial charge in [0.1, 0.15) is 11.9 Å². The third kappa shape index (κ3) is 3.26. The van der Waals surface area contributed by atoms with Gasteiger partial charge in [0.05, 0.1) is 17.1 Å². The van der Waals surface area contributed by atoms with E-state index in [4.69, 9.17) is 0 Å². The van der Waals surface area contributed by atoms with Crippen LogP contribution in [0.1, 0.15) is 61.8 Å². The van der Waals surface area contributed by atoms with E-state index in [9.17, 15) is 15.2 Å². The first kappa shape index (κ1) is 19.2. The third-order valence-electron chi connectivity index (χ3n) is 6.97. The van der Waals surface area contributed by atoms with Crippen molar-refractivity contribution >= 4 is 11.7 Å². The summed E-state index contributed by atoms with van der Waals surface area (Å²) in [4.78, 5) is 22.4. The van der Waals surface area contributed by atoms with Crippen molar-refractivity contribution in [3.8, 4) is 6.07 Å². The number of anilines is 1. The second-order valence-electron chi connectivity index (χ2n) is 8.91. The summed E-state index contributed by atoms with van der Waals surface area (Å²) in [5.41, 5.74) is 2.14. The number of rotatable bonds is 2. The summed E-state index contributed by atoms with van der Waals surface area (Å²) in [7, 11) is 0. The maximum absolute atomic E-state index is 13.5. The Morgan fingerprint density at radius 2 is 1.96 bits per heavy atom. The second-order valence-corrected chi connectivity index (χ2v) is 8.91. The molecule has 0 aromatic carbocycles. The summed E-state index contributed by atoms with van der Waals surface area (Å²) in [6, 6.07) is 4.54. The molecule has 2 aliphatic heterocycles. The van der Waals surface area contributed by atoms with Crippen LogP contribution in [-0.4, -0.2) is 52.7 Å². The fraction of sp³-hybridized carbons (Fsp3) is 0.682. The normalized spacial score (nSPS) is 30.7. The highest BCUT2D eigenvalue weighted by molar-refractivity contribution is 5.86. The predicted octanol–water partition coefficient (Wildman–Crippen LogP) is 2.69. The molecule has 3 fully saturated rings. The zero-order valence-electron chi connectivity index (χ0n) is 16.9. The lowest BCUT2D eigenvalue weighted by atomic mass is 9.78. The van der Waals surface area contributed by atoms with Gasteiger partial charge in [-0.1, -0.05) is 0 Å². The predicted molar refractivity (Wildman–Crippen MR) is 107 cm³/mol. The van der Waals surface area contributed by atoms with Crippen molar-refractivity contribution in [1.29, 1.82) is 5.26 Å². The molecule has 3 aliphatic rings. The number of likely N-dealkylation sites (tertiary alicyclic amines) is 1. The number of nitriles is 1. The molecule has 1 aromatic heterocycles. The Morgan fingerprint density at radius 3 is 2.68 bits per heavy atom. The molecule has 1 aliphatic carbocycles. The number of aliphatic hydroxyl groups is 1. The van der Waals surface area contributed by atoms with Crippen LogP contribution in [0.25, 0.3) is 0 Å². The quantitative estimate of drug-likeness (QED) is 0.851. The first-order valence-corrected chi connectivity index (χ1v) is 10.6. The lowest BCUT2D eigenvalue weighted by Gasteiger charge is -2.41. The molecule has 6 heteroatoms. The van der Waals surface area contributed by atoms with Crippen LogP contribution in [0.4, 0.5) is 5.82 Å². The summed E-state index contributed by atoms with van der Waals surface area (Å²) in [5.74, 6) is 1.02. The largest absolute Gasteiger partial charge is 0.393 e. The number of hydrogen-bond donors (Lipinski definition) is 1. The van der Waals surface area contributed by atoms with Crippen LogP contribution in [0, 0.1) is 30.6 Å². The average molecular weight is 383 g/mol. The number of amides is 1. The van der Waals surface area contributed by atoms with Gasteiger partial charge in [-0.05, 0) is 70.4 Å². The van der Waals surface area contributed by atoms with E-state index in [0.29, 0.717) is 12.1 Å². The smallest absolute Gasteiger partial charge is 0.230 e. The van der Waals surface area contributed by atoms with Crippen molar-refractivity contribution in [2.75, 3.05) is 24.5 Å². The molecule has 3 heterocycles. The fourth-order valence-corrected chi connectivity index (χ4v) is 5.44. The van der Waals surface area contributed by atoms with E-state index in [1.165, 1.54) is 0 Å². The summed E-state index contributed by atoms with van der Waals surface area (Å²) >= 11 is 0. The van der Waals surface area contributed by atoms with Gasteiger partial charge in [-0.25, -0.2) is 4.98 Å². The molecule has 1 spiro atoms. The molecule has 1 saturated carbocycles. The highest BCUT2D eigenvalue weighted by atomic mass is 16.3. The van der Waals surface area contributed by atoms with Crippen LogP contribution in [-0.2, 0) is 4.79 Å². The Bertz CT molecular complexity index is 809. The van der Waals surface area contributed by atoms with Gasteiger partial charge in [-0.15, -0.1) is 0 Å². The number of aromatic nitrogens is 1. The molecule has 1 amide bonds. The van der Waals surface area contributed by atoms with Crippen LogP contribution >= 0.6 is 0 Å². The van der Waals surface area contributed by atoms with E-state index < -0.39 is 0 Å². The van der Waals surface area contributed by atoms with Gasteiger partial charge in [0, 0.05) is 31.4 Å². The summed E-state index contributed by atoms with van der Waals surface area (Å²) in [5, 5.41) is 19.4. The number of piperidine rings is 1. The van der Waals surface area contributed by atoms with Crippen molar-refractivity contribution in [2.45, 2.75) is 70.9 Å². The Morgan fingerprint density at radius 1 is 1.21 bits per heavy atom. The molecule has 0 bridgehead atoms. The van der Waals surface area contributed by atoms with Crippen LogP contribution in [0.3, 0.4) is 0 Å². The molecule has 2 saturated heterocycles. The lowest BCUT2D eigenvalue weighted by molar-refractivity contribution is -0.139. The number of carbonyl (C=O) groups excluding carboxylic acids is 1. The second kappa shape index (κ2) is 7.36.